The third-order valence-electron chi connectivity index (χ3n) is 4.85. The lowest BCUT2D eigenvalue weighted by Gasteiger charge is -2.32. The average molecular weight is 401 g/mol. The minimum Gasteiger partial charge on any atom is -0.508 e. The zero-order valence-electron chi connectivity index (χ0n) is 15.9. The van der Waals surface area contributed by atoms with Gasteiger partial charge in [0.25, 0.3) is 0 Å². The highest BCUT2D eigenvalue weighted by Gasteiger charge is 2.31. The van der Waals surface area contributed by atoms with Crippen molar-refractivity contribution in [3.63, 3.8) is 0 Å². The molecule has 0 aliphatic rings. The van der Waals surface area contributed by atoms with Gasteiger partial charge in [0.05, 0.1) is 0 Å². The fourth-order valence-electron chi connectivity index (χ4n) is 3.19. The van der Waals surface area contributed by atoms with Gasteiger partial charge in [0.2, 0.25) is 5.91 Å². The quantitative estimate of drug-likeness (QED) is 0.506. The van der Waals surface area contributed by atoms with E-state index in [1.807, 2.05) is 6.92 Å². The number of carboxylic acids is 2. The standard InChI is InChI=1S/C21H23NO7/c1-21(14-2-6-16(23)7-3-14,15-4-8-17(24)9-5-15)11-10-18(25)22(12-19(26)27)13-20(28)29/h2-9,23-24H,10-13H2,1H3,(H,26,27)(H,28,29). The van der Waals surface area contributed by atoms with Crippen LogP contribution in [0.2, 0.25) is 0 Å². The predicted octanol–water partition coefficient (Wildman–Crippen LogP) is 2.18. The number of carbonyl (C=O) groups excluding carboxylic acids is 1. The van der Waals surface area contributed by atoms with Crippen LogP contribution in [0.4, 0.5) is 0 Å². The van der Waals surface area contributed by atoms with E-state index in [0.29, 0.717) is 0 Å². The maximum absolute atomic E-state index is 12.6. The van der Waals surface area contributed by atoms with Crippen LogP contribution in [0.5, 0.6) is 11.5 Å². The molecule has 8 heteroatoms. The van der Waals surface area contributed by atoms with Gasteiger partial charge in [-0.15, -0.1) is 0 Å². The molecule has 0 saturated heterocycles. The summed E-state index contributed by atoms with van der Waals surface area (Å²) in [4.78, 5) is 35.3. The molecule has 0 atom stereocenters. The first kappa shape index (κ1) is 21.7. The first-order valence-electron chi connectivity index (χ1n) is 8.92. The summed E-state index contributed by atoms with van der Waals surface area (Å²) in [5.74, 6) is -2.99. The molecule has 0 unspecified atom stereocenters. The largest absolute Gasteiger partial charge is 0.508 e. The third-order valence-corrected chi connectivity index (χ3v) is 4.85. The van der Waals surface area contributed by atoms with Crippen LogP contribution in [-0.4, -0.2) is 56.3 Å². The van der Waals surface area contributed by atoms with E-state index in [9.17, 15) is 24.6 Å². The zero-order valence-corrected chi connectivity index (χ0v) is 15.9. The molecule has 0 aliphatic carbocycles. The Hall–Kier alpha value is -3.55. The minimum atomic E-state index is -1.29. The number of phenols is 2. The van der Waals surface area contributed by atoms with Crippen LogP contribution < -0.4 is 0 Å². The zero-order chi connectivity index (χ0) is 21.6. The Morgan fingerprint density at radius 1 is 0.793 bits per heavy atom. The first-order chi connectivity index (χ1) is 13.6. The van der Waals surface area contributed by atoms with Crippen LogP contribution in [0.3, 0.4) is 0 Å². The average Bonchev–Trinajstić information content (AvgIpc) is 2.65. The van der Waals surface area contributed by atoms with Crippen LogP contribution in [0.15, 0.2) is 48.5 Å². The lowest BCUT2D eigenvalue weighted by atomic mass is 9.73. The molecule has 0 spiro atoms. The summed E-state index contributed by atoms with van der Waals surface area (Å²) < 4.78 is 0. The molecule has 1 amide bonds. The fraction of sp³-hybridized carbons (Fsp3) is 0.286. The number of phenolic OH excluding ortho intramolecular Hbond substituents is 2. The molecule has 8 nitrogen and oxygen atoms in total. The van der Waals surface area contributed by atoms with E-state index in [1.54, 1.807) is 24.3 Å². The summed E-state index contributed by atoms with van der Waals surface area (Å²) >= 11 is 0. The van der Waals surface area contributed by atoms with Gasteiger partial charge in [-0.3, -0.25) is 14.4 Å². The van der Waals surface area contributed by atoms with Gasteiger partial charge in [0, 0.05) is 11.8 Å². The molecule has 0 aromatic heterocycles. The maximum atomic E-state index is 12.6. The van der Waals surface area contributed by atoms with E-state index in [0.717, 1.165) is 16.0 Å². The summed E-state index contributed by atoms with van der Waals surface area (Å²) in [5.41, 5.74) is 0.906. The molecule has 154 valence electrons. The molecule has 29 heavy (non-hydrogen) atoms. The Morgan fingerprint density at radius 2 is 1.17 bits per heavy atom. The molecule has 2 aromatic rings. The van der Waals surface area contributed by atoms with Crippen molar-refractivity contribution in [1.82, 2.24) is 4.90 Å². The molecule has 0 radical (unpaired) electrons. The van der Waals surface area contributed by atoms with Crippen molar-refractivity contribution in [3.8, 4) is 11.5 Å². The summed E-state index contributed by atoms with van der Waals surface area (Å²) in [6.45, 7) is 0.498. The molecule has 4 N–H and O–H groups in total. The number of hydrogen-bond donors (Lipinski definition) is 4. The van der Waals surface area contributed by atoms with Crippen molar-refractivity contribution in [3.05, 3.63) is 59.7 Å². The Balaban J connectivity index is 2.31. The number of aromatic hydroxyl groups is 2. The third kappa shape index (κ3) is 5.71. The number of benzene rings is 2. The minimum absolute atomic E-state index is 0.0845. The summed E-state index contributed by atoms with van der Waals surface area (Å²) in [5, 5.41) is 37.1. The van der Waals surface area contributed by atoms with E-state index in [4.69, 9.17) is 10.2 Å². The number of aliphatic carboxylic acids is 2. The van der Waals surface area contributed by atoms with Gasteiger partial charge < -0.3 is 25.3 Å². The highest BCUT2D eigenvalue weighted by atomic mass is 16.4. The van der Waals surface area contributed by atoms with Crippen molar-refractivity contribution in [2.45, 2.75) is 25.2 Å². The first-order valence-corrected chi connectivity index (χ1v) is 8.92. The van der Waals surface area contributed by atoms with Crippen LogP contribution in [0.25, 0.3) is 0 Å². The van der Waals surface area contributed by atoms with Crippen molar-refractivity contribution in [2.24, 2.45) is 0 Å². The van der Waals surface area contributed by atoms with Crippen molar-refractivity contribution >= 4 is 17.8 Å². The topological polar surface area (TPSA) is 135 Å². The number of hydrogen-bond acceptors (Lipinski definition) is 5. The van der Waals surface area contributed by atoms with Crippen LogP contribution in [-0.2, 0) is 19.8 Å². The molecule has 2 rings (SSSR count). The van der Waals surface area contributed by atoms with Gasteiger partial charge in [-0.2, -0.15) is 0 Å². The number of carbonyl (C=O) groups is 3. The molecule has 0 saturated carbocycles. The lowest BCUT2D eigenvalue weighted by Crippen LogP contribution is -2.40. The summed E-state index contributed by atoms with van der Waals surface area (Å²) in [6.07, 6.45) is 0.177. The van der Waals surface area contributed by atoms with Gasteiger partial charge in [0.1, 0.15) is 24.6 Å². The number of amides is 1. The normalized spacial score (nSPS) is 11.1. The molecule has 0 fully saturated rings. The van der Waals surface area contributed by atoms with Gasteiger partial charge in [-0.25, -0.2) is 0 Å². The van der Waals surface area contributed by atoms with Crippen LogP contribution >= 0.6 is 0 Å². The monoisotopic (exact) mass is 401 g/mol. The van der Waals surface area contributed by atoms with E-state index in [1.165, 1.54) is 24.3 Å². The summed E-state index contributed by atoms with van der Waals surface area (Å²) in [6, 6.07) is 13.0. The number of carboxylic acid groups (broad SMARTS) is 2. The van der Waals surface area contributed by atoms with Gasteiger partial charge in [0.15, 0.2) is 0 Å². The predicted molar refractivity (Wildman–Crippen MR) is 104 cm³/mol. The van der Waals surface area contributed by atoms with E-state index in [-0.39, 0.29) is 24.3 Å². The van der Waals surface area contributed by atoms with Gasteiger partial charge in [-0.05, 0) is 41.8 Å². The highest BCUT2D eigenvalue weighted by molar-refractivity contribution is 5.85. The van der Waals surface area contributed by atoms with Crippen molar-refractivity contribution in [1.29, 1.82) is 0 Å². The smallest absolute Gasteiger partial charge is 0.323 e. The van der Waals surface area contributed by atoms with Gasteiger partial charge >= 0.3 is 11.9 Å². The Morgan fingerprint density at radius 3 is 1.52 bits per heavy atom. The molecule has 0 aliphatic heterocycles. The molecule has 0 heterocycles. The second kappa shape index (κ2) is 9.09. The summed E-state index contributed by atoms with van der Waals surface area (Å²) in [7, 11) is 0. The SMILES string of the molecule is CC(CCC(=O)N(CC(=O)O)CC(=O)O)(c1ccc(O)cc1)c1ccc(O)cc1. The van der Waals surface area contributed by atoms with Gasteiger partial charge in [-0.1, -0.05) is 31.2 Å². The van der Waals surface area contributed by atoms with Crippen molar-refractivity contribution in [2.75, 3.05) is 13.1 Å². The molecule has 0 bridgehead atoms. The lowest BCUT2D eigenvalue weighted by molar-refractivity contribution is -0.149. The highest BCUT2D eigenvalue weighted by Crippen LogP contribution is 2.37. The second-order valence-corrected chi connectivity index (χ2v) is 6.96. The number of nitrogens with zero attached hydrogens (tertiary/aromatic N) is 1. The van der Waals surface area contributed by atoms with E-state index >= 15 is 0 Å². The Bertz CT molecular complexity index is 813. The van der Waals surface area contributed by atoms with Crippen molar-refractivity contribution < 1.29 is 34.8 Å². The second-order valence-electron chi connectivity index (χ2n) is 6.96. The fourth-order valence-corrected chi connectivity index (χ4v) is 3.19. The van der Waals surface area contributed by atoms with E-state index < -0.39 is 36.4 Å². The Kier molecular flexibility index (Phi) is 6.82. The molecular formula is C21H23NO7. The van der Waals surface area contributed by atoms with Crippen LogP contribution in [0.1, 0.15) is 30.9 Å². The molecule has 2 aromatic carbocycles. The van der Waals surface area contributed by atoms with Crippen LogP contribution in [0, 0.1) is 0 Å². The maximum Gasteiger partial charge on any atom is 0.323 e. The van der Waals surface area contributed by atoms with E-state index in [2.05, 4.69) is 0 Å². The Labute approximate surface area is 167 Å². The molecular weight excluding hydrogens is 378 g/mol. The number of rotatable bonds is 9.